The number of esters is 1. The van der Waals surface area contributed by atoms with Gasteiger partial charge < -0.3 is 9.47 Å². The van der Waals surface area contributed by atoms with Crippen LogP contribution >= 0.6 is 0 Å². The molecule has 2 fully saturated rings. The highest BCUT2D eigenvalue weighted by Crippen LogP contribution is 2.37. The highest BCUT2D eigenvalue weighted by atomic mass is 16.6. The Labute approximate surface area is 91.1 Å². The van der Waals surface area contributed by atoms with E-state index in [1.165, 1.54) is 39.0 Å². The molecule has 0 aromatic carbocycles. The fourth-order valence-electron chi connectivity index (χ4n) is 2.63. The van der Waals surface area contributed by atoms with Crippen LogP contribution in [0.2, 0.25) is 0 Å². The predicted octanol–water partition coefficient (Wildman–Crippen LogP) is 2.29. The minimum absolute atomic E-state index is 0.0119. The SMILES string of the molecule is CC(=O)O[C@H](C1CCCCC1)C1OC1C. The summed E-state index contributed by atoms with van der Waals surface area (Å²) in [5, 5.41) is 0. The fourth-order valence-corrected chi connectivity index (χ4v) is 2.63. The maximum absolute atomic E-state index is 11.1. The van der Waals surface area contributed by atoms with Crippen molar-refractivity contribution in [2.75, 3.05) is 0 Å². The van der Waals surface area contributed by atoms with E-state index in [0.717, 1.165) is 0 Å². The van der Waals surface area contributed by atoms with Gasteiger partial charge in [-0.05, 0) is 25.7 Å². The molecule has 2 unspecified atom stereocenters. The Bertz CT molecular complexity index is 233. The summed E-state index contributed by atoms with van der Waals surface area (Å²) in [5.74, 6) is 0.353. The minimum Gasteiger partial charge on any atom is -0.459 e. The number of hydrogen-bond acceptors (Lipinski definition) is 3. The molecule has 0 N–H and O–H groups in total. The number of epoxide rings is 1. The molecule has 3 atom stereocenters. The highest BCUT2D eigenvalue weighted by Gasteiger charge is 2.46. The summed E-state index contributed by atoms with van der Waals surface area (Å²) >= 11 is 0. The average Bonchev–Trinajstić information content (AvgIpc) is 2.93. The van der Waals surface area contributed by atoms with Gasteiger partial charge in [0, 0.05) is 6.92 Å². The lowest BCUT2D eigenvalue weighted by Crippen LogP contribution is -2.33. The topological polar surface area (TPSA) is 38.8 Å². The van der Waals surface area contributed by atoms with Crippen molar-refractivity contribution in [1.82, 2.24) is 0 Å². The van der Waals surface area contributed by atoms with E-state index in [1.807, 2.05) is 6.92 Å². The van der Waals surface area contributed by atoms with Crippen molar-refractivity contribution < 1.29 is 14.3 Å². The molecule has 0 aromatic rings. The van der Waals surface area contributed by atoms with Crippen LogP contribution in [0.15, 0.2) is 0 Å². The van der Waals surface area contributed by atoms with Gasteiger partial charge in [-0.2, -0.15) is 0 Å². The van der Waals surface area contributed by atoms with Gasteiger partial charge in [-0.3, -0.25) is 4.79 Å². The molecule has 0 amide bonds. The van der Waals surface area contributed by atoms with Gasteiger partial charge >= 0.3 is 5.97 Å². The van der Waals surface area contributed by atoms with Crippen LogP contribution in [-0.4, -0.2) is 24.3 Å². The third kappa shape index (κ3) is 2.71. The van der Waals surface area contributed by atoms with E-state index in [9.17, 15) is 4.79 Å². The molecule has 1 aliphatic carbocycles. The number of ether oxygens (including phenoxy) is 2. The molecule has 1 saturated carbocycles. The zero-order valence-electron chi connectivity index (χ0n) is 9.57. The molecule has 0 spiro atoms. The molecule has 2 rings (SSSR count). The normalized spacial score (nSPS) is 33.5. The summed E-state index contributed by atoms with van der Waals surface area (Å²) in [6.45, 7) is 3.53. The van der Waals surface area contributed by atoms with Crippen LogP contribution in [0.5, 0.6) is 0 Å². The van der Waals surface area contributed by atoms with Crippen molar-refractivity contribution in [3.63, 3.8) is 0 Å². The molecule has 0 bridgehead atoms. The van der Waals surface area contributed by atoms with E-state index in [0.29, 0.717) is 5.92 Å². The third-order valence-corrected chi connectivity index (χ3v) is 3.50. The first-order valence-electron chi connectivity index (χ1n) is 6.01. The van der Waals surface area contributed by atoms with Crippen molar-refractivity contribution in [2.24, 2.45) is 5.92 Å². The van der Waals surface area contributed by atoms with E-state index in [1.54, 1.807) is 0 Å². The lowest BCUT2D eigenvalue weighted by molar-refractivity contribution is -0.151. The molecule has 3 heteroatoms. The lowest BCUT2D eigenvalue weighted by Gasteiger charge is -2.28. The Balaban J connectivity index is 1.94. The van der Waals surface area contributed by atoms with Crippen LogP contribution in [0.4, 0.5) is 0 Å². The summed E-state index contributed by atoms with van der Waals surface area (Å²) in [6, 6.07) is 0. The maximum atomic E-state index is 11.1. The Morgan fingerprint density at radius 1 is 1.33 bits per heavy atom. The van der Waals surface area contributed by atoms with Gasteiger partial charge in [0.15, 0.2) is 0 Å². The van der Waals surface area contributed by atoms with Gasteiger partial charge in [0.2, 0.25) is 0 Å². The van der Waals surface area contributed by atoms with Gasteiger partial charge in [0.1, 0.15) is 12.2 Å². The average molecular weight is 212 g/mol. The summed E-state index contributed by atoms with van der Waals surface area (Å²) in [7, 11) is 0. The molecule has 2 aliphatic rings. The van der Waals surface area contributed by atoms with Crippen LogP contribution in [0.3, 0.4) is 0 Å². The molecule has 15 heavy (non-hydrogen) atoms. The Morgan fingerprint density at radius 2 is 1.93 bits per heavy atom. The molecule has 1 heterocycles. The van der Waals surface area contributed by atoms with Crippen molar-refractivity contribution in [3.05, 3.63) is 0 Å². The molecular weight excluding hydrogens is 192 g/mol. The second-order valence-electron chi connectivity index (χ2n) is 4.78. The first kappa shape index (κ1) is 10.9. The number of carbonyl (C=O) groups excluding carboxylic acids is 1. The zero-order chi connectivity index (χ0) is 10.8. The lowest BCUT2D eigenvalue weighted by atomic mass is 9.83. The first-order chi connectivity index (χ1) is 7.18. The molecule has 1 saturated heterocycles. The zero-order valence-corrected chi connectivity index (χ0v) is 9.57. The first-order valence-corrected chi connectivity index (χ1v) is 6.01. The van der Waals surface area contributed by atoms with Gasteiger partial charge in [-0.15, -0.1) is 0 Å². The van der Waals surface area contributed by atoms with Gasteiger partial charge in [-0.25, -0.2) is 0 Å². The number of rotatable bonds is 3. The van der Waals surface area contributed by atoms with Gasteiger partial charge in [-0.1, -0.05) is 19.3 Å². The van der Waals surface area contributed by atoms with E-state index >= 15 is 0 Å². The predicted molar refractivity (Wildman–Crippen MR) is 56.5 cm³/mol. The van der Waals surface area contributed by atoms with Crippen LogP contribution in [0.1, 0.15) is 46.0 Å². The Morgan fingerprint density at radius 3 is 2.40 bits per heavy atom. The van der Waals surface area contributed by atoms with Crippen molar-refractivity contribution in [1.29, 1.82) is 0 Å². The number of hydrogen-bond donors (Lipinski definition) is 0. The molecule has 86 valence electrons. The summed E-state index contributed by atoms with van der Waals surface area (Å²) in [6.07, 6.45) is 6.68. The fraction of sp³-hybridized carbons (Fsp3) is 0.917. The monoisotopic (exact) mass is 212 g/mol. The largest absolute Gasteiger partial charge is 0.459 e. The third-order valence-electron chi connectivity index (χ3n) is 3.50. The molecule has 0 aromatic heterocycles. The van der Waals surface area contributed by atoms with Crippen molar-refractivity contribution in [3.8, 4) is 0 Å². The number of carbonyl (C=O) groups is 1. The highest BCUT2D eigenvalue weighted by molar-refractivity contribution is 5.66. The van der Waals surface area contributed by atoms with Crippen molar-refractivity contribution >= 4 is 5.97 Å². The Kier molecular flexibility index (Phi) is 3.29. The van der Waals surface area contributed by atoms with Crippen LogP contribution in [-0.2, 0) is 14.3 Å². The van der Waals surface area contributed by atoms with E-state index in [-0.39, 0.29) is 24.3 Å². The van der Waals surface area contributed by atoms with Crippen LogP contribution in [0, 0.1) is 5.92 Å². The van der Waals surface area contributed by atoms with E-state index in [2.05, 4.69) is 0 Å². The molecular formula is C12H20O3. The Hall–Kier alpha value is -0.570. The molecule has 0 radical (unpaired) electrons. The summed E-state index contributed by atoms with van der Waals surface area (Å²) < 4.78 is 10.9. The van der Waals surface area contributed by atoms with Crippen molar-refractivity contribution in [2.45, 2.75) is 64.3 Å². The standard InChI is InChI=1S/C12H20O3/c1-8-11(14-8)12(15-9(2)13)10-6-4-3-5-7-10/h8,10-12H,3-7H2,1-2H3/t8?,11?,12-/m1/s1. The smallest absolute Gasteiger partial charge is 0.303 e. The minimum atomic E-state index is -0.173. The van der Waals surface area contributed by atoms with Gasteiger partial charge in [0.25, 0.3) is 0 Å². The maximum Gasteiger partial charge on any atom is 0.303 e. The van der Waals surface area contributed by atoms with Crippen LogP contribution < -0.4 is 0 Å². The molecule has 3 nitrogen and oxygen atoms in total. The van der Waals surface area contributed by atoms with Gasteiger partial charge in [0.05, 0.1) is 6.10 Å². The molecule has 1 aliphatic heterocycles. The second-order valence-corrected chi connectivity index (χ2v) is 4.78. The van der Waals surface area contributed by atoms with E-state index < -0.39 is 0 Å². The quantitative estimate of drug-likeness (QED) is 0.532. The van der Waals surface area contributed by atoms with E-state index in [4.69, 9.17) is 9.47 Å². The summed E-state index contributed by atoms with van der Waals surface area (Å²) in [5.41, 5.74) is 0. The second kappa shape index (κ2) is 4.52. The summed E-state index contributed by atoms with van der Waals surface area (Å²) in [4.78, 5) is 11.1. The van der Waals surface area contributed by atoms with Crippen LogP contribution in [0.25, 0.3) is 0 Å².